The fourth-order valence-corrected chi connectivity index (χ4v) is 3.75. The number of carbonyl (C=O) groups excluding carboxylic acids is 1. The van der Waals surface area contributed by atoms with Crippen molar-refractivity contribution in [2.45, 2.75) is 25.9 Å². The lowest BCUT2D eigenvalue weighted by Crippen LogP contribution is -2.42. The van der Waals surface area contributed by atoms with E-state index in [-0.39, 0.29) is 35.8 Å². The molecule has 1 aromatic heterocycles. The van der Waals surface area contributed by atoms with Crippen molar-refractivity contribution in [2.75, 3.05) is 32.1 Å². The molecule has 3 rings (SSSR count). The first-order valence-corrected chi connectivity index (χ1v) is 10.0. The first-order valence-electron chi connectivity index (χ1n) is 10.0. The molecule has 1 aromatic carbocycles. The Kier molecular flexibility index (Phi) is 9.35. The third kappa shape index (κ3) is 6.32. The lowest BCUT2D eigenvalue weighted by Gasteiger charge is -2.33. The van der Waals surface area contributed by atoms with Gasteiger partial charge >= 0.3 is 0 Å². The molecular formula is C22H31IN6O. The van der Waals surface area contributed by atoms with Crippen LogP contribution in [0.3, 0.4) is 0 Å². The van der Waals surface area contributed by atoms with Crippen LogP contribution >= 0.6 is 24.0 Å². The van der Waals surface area contributed by atoms with E-state index in [1.807, 2.05) is 31.3 Å². The minimum absolute atomic E-state index is 0. The smallest absolute Gasteiger partial charge is 0.222 e. The summed E-state index contributed by atoms with van der Waals surface area (Å²) in [6.45, 7) is 2.89. The average molecular weight is 522 g/mol. The predicted octanol–water partition coefficient (Wildman–Crippen LogP) is 2.61. The van der Waals surface area contributed by atoms with Gasteiger partial charge in [0.1, 0.15) is 5.82 Å². The minimum atomic E-state index is -0.228. The van der Waals surface area contributed by atoms with Crippen molar-refractivity contribution >= 4 is 41.7 Å². The summed E-state index contributed by atoms with van der Waals surface area (Å²) in [5.41, 5.74) is 7.84. The van der Waals surface area contributed by atoms with Crippen molar-refractivity contribution < 1.29 is 4.79 Å². The molecule has 1 saturated heterocycles. The van der Waals surface area contributed by atoms with Crippen molar-refractivity contribution in [3.8, 4) is 0 Å². The van der Waals surface area contributed by atoms with Crippen LogP contribution in [0, 0.1) is 5.92 Å². The molecule has 1 amide bonds. The van der Waals surface area contributed by atoms with Gasteiger partial charge in [-0.05, 0) is 24.5 Å². The van der Waals surface area contributed by atoms with Gasteiger partial charge in [0, 0.05) is 52.0 Å². The van der Waals surface area contributed by atoms with Crippen molar-refractivity contribution in [3.63, 3.8) is 0 Å². The van der Waals surface area contributed by atoms with Crippen LogP contribution < -0.4 is 16.0 Å². The number of hydrogen-bond donors (Lipinski definition) is 2. The number of guanidine groups is 1. The number of nitrogens with one attached hydrogen (secondary N) is 1. The van der Waals surface area contributed by atoms with Crippen LogP contribution in [-0.4, -0.2) is 48.9 Å². The maximum Gasteiger partial charge on any atom is 0.222 e. The van der Waals surface area contributed by atoms with Gasteiger partial charge in [0.2, 0.25) is 5.91 Å². The number of hydrogen-bond acceptors (Lipinski definition) is 4. The number of amides is 1. The standard InChI is InChI=1S/C22H30N6O.HI/c1-24-22(27(2)15-17-8-4-3-5-9-17)26-14-18-10-6-12-25-21(18)28-13-7-11-19(16-28)20(23)29;/h3-6,8-10,12,19H,7,11,13-16H2,1-2H3,(H2,23,29)(H,24,26);1H. The van der Waals surface area contributed by atoms with Crippen LogP contribution in [0.1, 0.15) is 24.0 Å². The van der Waals surface area contributed by atoms with Gasteiger partial charge in [-0.25, -0.2) is 4.98 Å². The van der Waals surface area contributed by atoms with Crippen molar-refractivity contribution in [1.82, 2.24) is 15.2 Å². The summed E-state index contributed by atoms with van der Waals surface area (Å²) >= 11 is 0. The molecule has 0 spiro atoms. The van der Waals surface area contributed by atoms with E-state index in [2.05, 4.69) is 43.3 Å². The third-order valence-corrected chi connectivity index (χ3v) is 5.26. The predicted molar refractivity (Wildman–Crippen MR) is 132 cm³/mol. The number of carbonyl (C=O) groups is 1. The molecule has 1 aliphatic rings. The maximum absolute atomic E-state index is 11.6. The summed E-state index contributed by atoms with van der Waals surface area (Å²) in [6, 6.07) is 14.3. The lowest BCUT2D eigenvalue weighted by molar-refractivity contribution is -0.122. The molecule has 1 atom stereocenters. The highest BCUT2D eigenvalue weighted by atomic mass is 127. The van der Waals surface area contributed by atoms with Crippen molar-refractivity contribution in [1.29, 1.82) is 0 Å². The van der Waals surface area contributed by atoms with Gasteiger partial charge in [0.05, 0.1) is 5.92 Å². The van der Waals surface area contributed by atoms with E-state index in [1.165, 1.54) is 5.56 Å². The number of primary amides is 1. The number of aliphatic imine (C=N–C) groups is 1. The molecule has 0 aliphatic carbocycles. The van der Waals surface area contributed by atoms with Crippen molar-refractivity contribution in [2.24, 2.45) is 16.6 Å². The second kappa shape index (κ2) is 11.7. The maximum atomic E-state index is 11.6. The quantitative estimate of drug-likeness (QED) is 0.346. The number of benzene rings is 1. The second-order valence-corrected chi connectivity index (χ2v) is 7.42. The molecule has 2 aromatic rings. The molecule has 1 aliphatic heterocycles. The first-order chi connectivity index (χ1) is 14.1. The van der Waals surface area contributed by atoms with E-state index < -0.39 is 0 Å². The Labute approximate surface area is 195 Å². The number of pyridine rings is 1. The van der Waals surface area contributed by atoms with E-state index in [0.717, 1.165) is 43.3 Å². The number of piperidine rings is 1. The van der Waals surface area contributed by atoms with E-state index in [1.54, 1.807) is 13.2 Å². The number of rotatable bonds is 6. The highest BCUT2D eigenvalue weighted by molar-refractivity contribution is 14.0. The number of nitrogens with zero attached hydrogens (tertiary/aromatic N) is 4. The number of aromatic nitrogens is 1. The lowest BCUT2D eigenvalue weighted by atomic mass is 9.97. The van der Waals surface area contributed by atoms with Crippen LogP contribution in [0.25, 0.3) is 0 Å². The Morgan fingerprint density at radius 2 is 2.07 bits per heavy atom. The average Bonchev–Trinajstić information content (AvgIpc) is 2.75. The zero-order valence-corrected chi connectivity index (χ0v) is 20.0. The summed E-state index contributed by atoms with van der Waals surface area (Å²) in [4.78, 5) is 24.9. The Morgan fingerprint density at radius 3 is 2.77 bits per heavy atom. The molecule has 1 fully saturated rings. The zero-order chi connectivity index (χ0) is 20.6. The minimum Gasteiger partial charge on any atom is -0.369 e. The van der Waals surface area contributed by atoms with Gasteiger partial charge in [-0.3, -0.25) is 9.79 Å². The molecule has 162 valence electrons. The van der Waals surface area contributed by atoms with E-state index in [4.69, 9.17) is 5.73 Å². The second-order valence-electron chi connectivity index (χ2n) is 7.42. The fourth-order valence-electron chi connectivity index (χ4n) is 3.75. The molecule has 8 heteroatoms. The van der Waals surface area contributed by atoms with E-state index >= 15 is 0 Å². The first kappa shape index (κ1) is 23.9. The largest absolute Gasteiger partial charge is 0.369 e. The Bertz CT molecular complexity index is 845. The third-order valence-electron chi connectivity index (χ3n) is 5.26. The van der Waals surface area contributed by atoms with E-state index in [0.29, 0.717) is 13.1 Å². The van der Waals surface area contributed by atoms with Crippen LogP contribution in [0.15, 0.2) is 53.7 Å². The summed E-state index contributed by atoms with van der Waals surface area (Å²) in [5, 5.41) is 3.44. The molecule has 0 radical (unpaired) electrons. The molecule has 2 heterocycles. The van der Waals surface area contributed by atoms with Gasteiger partial charge in [-0.1, -0.05) is 36.4 Å². The van der Waals surface area contributed by atoms with Crippen LogP contribution in [0.5, 0.6) is 0 Å². The normalized spacial score (nSPS) is 16.5. The highest BCUT2D eigenvalue weighted by Gasteiger charge is 2.26. The summed E-state index contributed by atoms with van der Waals surface area (Å²) < 4.78 is 0. The highest BCUT2D eigenvalue weighted by Crippen LogP contribution is 2.24. The summed E-state index contributed by atoms with van der Waals surface area (Å²) in [5.74, 6) is 1.38. The van der Waals surface area contributed by atoms with Gasteiger partial charge in [-0.2, -0.15) is 0 Å². The molecule has 1 unspecified atom stereocenters. The Morgan fingerprint density at radius 1 is 1.30 bits per heavy atom. The molecule has 7 nitrogen and oxygen atoms in total. The Balaban J connectivity index is 0.00000320. The van der Waals surface area contributed by atoms with Gasteiger partial charge < -0.3 is 20.9 Å². The summed E-state index contributed by atoms with van der Waals surface area (Å²) in [6.07, 6.45) is 3.59. The van der Waals surface area contributed by atoms with Crippen molar-refractivity contribution in [3.05, 3.63) is 59.8 Å². The van der Waals surface area contributed by atoms with Gasteiger partial charge in [-0.15, -0.1) is 24.0 Å². The van der Waals surface area contributed by atoms with Gasteiger partial charge in [0.25, 0.3) is 0 Å². The molecular weight excluding hydrogens is 491 g/mol. The topological polar surface area (TPSA) is 86.9 Å². The zero-order valence-electron chi connectivity index (χ0n) is 17.6. The van der Waals surface area contributed by atoms with Gasteiger partial charge in [0.15, 0.2) is 5.96 Å². The molecule has 30 heavy (non-hydrogen) atoms. The van der Waals surface area contributed by atoms with Crippen LogP contribution in [0.4, 0.5) is 5.82 Å². The number of nitrogens with two attached hydrogens (primary N) is 1. The van der Waals surface area contributed by atoms with E-state index in [9.17, 15) is 4.79 Å². The fraction of sp³-hybridized carbons (Fsp3) is 0.409. The van der Waals surface area contributed by atoms with Crippen LogP contribution in [0.2, 0.25) is 0 Å². The molecule has 0 saturated carbocycles. The number of anilines is 1. The molecule has 0 bridgehead atoms. The molecule has 3 N–H and O–H groups in total. The monoisotopic (exact) mass is 522 g/mol. The Hall–Kier alpha value is -2.36. The summed E-state index contributed by atoms with van der Waals surface area (Å²) in [7, 11) is 3.81. The SMILES string of the molecule is CN=C(NCc1cccnc1N1CCCC(C(N)=O)C1)N(C)Cc1ccccc1.I. The van der Waals surface area contributed by atoms with Crippen LogP contribution in [-0.2, 0) is 17.9 Å². The number of halogens is 1.